The first-order valence-electron chi connectivity index (χ1n) is 10.5. The number of carbonyl (C=O) groups is 2. The number of nitrogens with one attached hydrogen (secondary N) is 2. The van der Waals surface area contributed by atoms with Gasteiger partial charge in [-0.15, -0.1) is 0 Å². The van der Waals surface area contributed by atoms with E-state index in [4.69, 9.17) is 21.7 Å². The van der Waals surface area contributed by atoms with Crippen molar-refractivity contribution in [2.24, 2.45) is 0 Å². The summed E-state index contributed by atoms with van der Waals surface area (Å²) >= 11 is 7.25. The van der Waals surface area contributed by atoms with Crippen LogP contribution in [0.2, 0.25) is 5.02 Å². The van der Waals surface area contributed by atoms with Crippen molar-refractivity contribution in [1.82, 2.24) is 0 Å². The zero-order valence-corrected chi connectivity index (χ0v) is 20.2. The van der Waals surface area contributed by atoms with Gasteiger partial charge in [-0.25, -0.2) is 0 Å². The Hall–Kier alpha value is -3.55. The smallest absolute Gasteiger partial charge is 0.271 e. The van der Waals surface area contributed by atoms with Crippen LogP contribution in [0, 0.1) is 19.3 Å². The molecule has 1 heterocycles. The second-order valence-corrected chi connectivity index (χ2v) is 9.19. The molecule has 8 heteroatoms. The molecule has 4 rings (SSSR count). The normalized spacial score (nSPS) is 14.6. The molecule has 1 fully saturated rings. The van der Waals surface area contributed by atoms with Gasteiger partial charge in [0.15, 0.2) is 11.8 Å². The highest BCUT2D eigenvalue weighted by Crippen LogP contribution is 2.37. The molecule has 0 radical (unpaired) electrons. The Bertz CT molecular complexity index is 1300. The molecule has 1 saturated heterocycles. The lowest BCUT2D eigenvalue weighted by atomic mass is 10.1. The molecule has 0 spiro atoms. The van der Waals surface area contributed by atoms with Crippen LogP contribution in [0.1, 0.15) is 16.7 Å². The van der Waals surface area contributed by atoms with Crippen molar-refractivity contribution < 1.29 is 14.3 Å². The summed E-state index contributed by atoms with van der Waals surface area (Å²) in [6, 6.07) is 19.9. The van der Waals surface area contributed by atoms with E-state index >= 15 is 0 Å². The third-order valence-corrected chi connectivity index (χ3v) is 6.26. The number of amides is 2. The molecule has 0 unspecified atom stereocenters. The van der Waals surface area contributed by atoms with Crippen LogP contribution < -0.4 is 15.0 Å². The minimum Gasteiger partial charge on any atom is -0.483 e. The Morgan fingerprint density at radius 3 is 2.59 bits per heavy atom. The van der Waals surface area contributed by atoms with Gasteiger partial charge in [0, 0.05) is 16.3 Å². The number of aryl methyl sites for hydroxylation is 2. The fourth-order valence-electron chi connectivity index (χ4n) is 3.40. The number of anilines is 2. The quantitative estimate of drug-likeness (QED) is 0.412. The third kappa shape index (κ3) is 5.32. The number of ether oxygens (including phenoxy) is 1. The standard InChI is InChI=1S/C26H22ClN3O3S/c1-16-7-10-20(11-8-16)29-24(31)15-33-22-12-9-19(27)13-18(22)14-23-25(32)30(26(28)34-23)21-6-4-3-5-17(21)2/h3-14,28H,15H2,1-2H3,(H,29,31)/b23-14-,28-26?. The summed E-state index contributed by atoms with van der Waals surface area (Å²) < 4.78 is 5.75. The van der Waals surface area contributed by atoms with E-state index in [1.807, 2.05) is 62.4 Å². The van der Waals surface area contributed by atoms with Gasteiger partial charge >= 0.3 is 0 Å². The summed E-state index contributed by atoms with van der Waals surface area (Å²) in [5.74, 6) is -0.200. The van der Waals surface area contributed by atoms with E-state index in [9.17, 15) is 9.59 Å². The van der Waals surface area contributed by atoms with Gasteiger partial charge in [-0.2, -0.15) is 0 Å². The monoisotopic (exact) mass is 491 g/mol. The van der Waals surface area contributed by atoms with Crippen LogP contribution in [0.5, 0.6) is 5.75 Å². The largest absolute Gasteiger partial charge is 0.483 e. The number of thioether (sulfide) groups is 1. The first kappa shape index (κ1) is 23.6. The van der Waals surface area contributed by atoms with Crippen LogP contribution in [0.15, 0.2) is 71.6 Å². The molecule has 172 valence electrons. The number of para-hydroxylation sites is 1. The van der Waals surface area contributed by atoms with Gasteiger partial charge in [-0.3, -0.25) is 19.9 Å². The van der Waals surface area contributed by atoms with E-state index in [0.29, 0.717) is 32.6 Å². The molecule has 2 N–H and O–H groups in total. The summed E-state index contributed by atoms with van der Waals surface area (Å²) in [6.45, 7) is 3.66. The summed E-state index contributed by atoms with van der Waals surface area (Å²) in [5, 5.41) is 11.7. The summed E-state index contributed by atoms with van der Waals surface area (Å²) in [4.78, 5) is 27.2. The summed E-state index contributed by atoms with van der Waals surface area (Å²) in [7, 11) is 0. The van der Waals surface area contributed by atoms with E-state index in [2.05, 4.69) is 5.32 Å². The first-order chi connectivity index (χ1) is 16.3. The number of benzene rings is 3. The van der Waals surface area contributed by atoms with Crippen molar-refractivity contribution in [3.8, 4) is 5.75 Å². The highest BCUT2D eigenvalue weighted by molar-refractivity contribution is 8.19. The highest BCUT2D eigenvalue weighted by atomic mass is 35.5. The van der Waals surface area contributed by atoms with Gasteiger partial charge in [0.1, 0.15) is 5.75 Å². The van der Waals surface area contributed by atoms with Crippen molar-refractivity contribution in [2.75, 3.05) is 16.8 Å². The third-order valence-electron chi connectivity index (χ3n) is 5.13. The zero-order valence-electron chi connectivity index (χ0n) is 18.6. The lowest BCUT2D eigenvalue weighted by Gasteiger charge is -2.16. The minimum atomic E-state index is -0.309. The highest BCUT2D eigenvalue weighted by Gasteiger charge is 2.34. The summed E-state index contributed by atoms with van der Waals surface area (Å²) in [5.41, 5.74) is 3.89. The molecule has 3 aromatic rings. The molecule has 0 saturated carbocycles. The van der Waals surface area contributed by atoms with E-state index in [1.165, 1.54) is 4.90 Å². The zero-order chi connectivity index (χ0) is 24.2. The van der Waals surface area contributed by atoms with E-state index in [-0.39, 0.29) is 23.6 Å². The van der Waals surface area contributed by atoms with Crippen molar-refractivity contribution >= 4 is 57.8 Å². The van der Waals surface area contributed by atoms with Crippen molar-refractivity contribution in [3.63, 3.8) is 0 Å². The number of hydrogen-bond acceptors (Lipinski definition) is 5. The Balaban J connectivity index is 1.52. The lowest BCUT2D eigenvalue weighted by Crippen LogP contribution is -2.28. The molecule has 0 atom stereocenters. The van der Waals surface area contributed by atoms with E-state index in [0.717, 1.165) is 22.9 Å². The molecule has 1 aliphatic rings. The average Bonchev–Trinajstić information content (AvgIpc) is 3.08. The summed E-state index contributed by atoms with van der Waals surface area (Å²) in [6.07, 6.45) is 1.64. The van der Waals surface area contributed by atoms with Gasteiger partial charge in [0.25, 0.3) is 11.8 Å². The van der Waals surface area contributed by atoms with Crippen LogP contribution in [0.3, 0.4) is 0 Å². The second-order valence-electron chi connectivity index (χ2n) is 7.73. The molecule has 0 aromatic heterocycles. The van der Waals surface area contributed by atoms with Gasteiger partial charge in [0.05, 0.1) is 10.6 Å². The second kappa shape index (κ2) is 10.2. The molecule has 0 aliphatic carbocycles. The number of hydrogen-bond donors (Lipinski definition) is 2. The topological polar surface area (TPSA) is 82.5 Å². The molecule has 1 aliphatic heterocycles. The van der Waals surface area contributed by atoms with Gasteiger partial charge in [-0.1, -0.05) is 47.5 Å². The Morgan fingerprint density at radius 1 is 1.12 bits per heavy atom. The van der Waals surface area contributed by atoms with Crippen LogP contribution in [0.25, 0.3) is 6.08 Å². The first-order valence-corrected chi connectivity index (χ1v) is 11.7. The van der Waals surface area contributed by atoms with Gasteiger partial charge in [-0.05, 0) is 73.6 Å². The maximum Gasteiger partial charge on any atom is 0.271 e. The SMILES string of the molecule is Cc1ccc(NC(=O)COc2ccc(Cl)cc2/C=C2\SC(=N)N(c3ccccc3C)C2=O)cc1. The van der Waals surface area contributed by atoms with Crippen molar-refractivity contribution in [2.45, 2.75) is 13.8 Å². The number of rotatable bonds is 6. The van der Waals surface area contributed by atoms with Gasteiger partial charge < -0.3 is 10.1 Å². The van der Waals surface area contributed by atoms with Crippen molar-refractivity contribution in [1.29, 1.82) is 5.41 Å². The number of nitrogens with zero attached hydrogens (tertiary/aromatic N) is 1. The molecule has 34 heavy (non-hydrogen) atoms. The van der Waals surface area contributed by atoms with E-state index in [1.54, 1.807) is 24.3 Å². The maximum absolute atomic E-state index is 13.1. The number of carbonyl (C=O) groups excluding carboxylic acids is 2. The van der Waals surface area contributed by atoms with Crippen molar-refractivity contribution in [3.05, 3.63) is 93.3 Å². The fraction of sp³-hybridized carbons (Fsp3) is 0.115. The average molecular weight is 492 g/mol. The fourth-order valence-corrected chi connectivity index (χ4v) is 4.43. The van der Waals surface area contributed by atoms with E-state index < -0.39 is 0 Å². The molecule has 6 nitrogen and oxygen atoms in total. The molecular weight excluding hydrogens is 470 g/mol. The number of halogens is 1. The molecule has 0 bridgehead atoms. The molecule has 3 aromatic carbocycles. The van der Waals surface area contributed by atoms with Crippen LogP contribution in [-0.4, -0.2) is 23.6 Å². The molecule has 2 amide bonds. The molecular formula is C26H22ClN3O3S. The maximum atomic E-state index is 13.1. The number of amidine groups is 1. The van der Waals surface area contributed by atoms with Crippen LogP contribution >= 0.6 is 23.4 Å². The predicted molar refractivity (Wildman–Crippen MR) is 139 cm³/mol. The lowest BCUT2D eigenvalue weighted by molar-refractivity contribution is -0.118. The predicted octanol–water partition coefficient (Wildman–Crippen LogP) is 6.03. The van der Waals surface area contributed by atoms with Crippen LogP contribution in [-0.2, 0) is 9.59 Å². The van der Waals surface area contributed by atoms with Gasteiger partial charge in [0.2, 0.25) is 0 Å². The Kier molecular flexibility index (Phi) is 7.05. The van der Waals surface area contributed by atoms with Crippen LogP contribution in [0.4, 0.5) is 11.4 Å². The Labute approximate surface area is 207 Å². The Morgan fingerprint density at radius 2 is 1.85 bits per heavy atom. The minimum absolute atomic E-state index is 0.118.